The molecule has 6 bridgehead atoms. The molecule has 9 aliphatic rings. The van der Waals surface area contributed by atoms with Gasteiger partial charge in [0, 0.05) is 83.1 Å². The fourth-order valence-corrected chi connectivity index (χ4v) is 13.7. The van der Waals surface area contributed by atoms with Gasteiger partial charge in [-0.1, -0.05) is 117 Å². The molecule has 0 radical (unpaired) electrons. The zero-order valence-electron chi connectivity index (χ0n) is 64.8. The first-order valence-electron chi connectivity index (χ1n) is 37.0. The molecule has 107 heavy (non-hydrogen) atoms. The van der Waals surface area contributed by atoms with Crippen molar-refractivity contribution in [2.45, 2.75) is 244 Å². The quantitative estimate of drug-likeness (QED) is 0.0176. The summed E-state index contributed by atoms with van der Waals surface area (Å²) in [5.41, 5.74) is 5.08. The van der Waals surface area contributed by atoms with Gasteiger partial charge in [0.1, 0.15) is 60.2 Å². The Balaban J connectivity index is 0.000000449. The number of aliphatic carboxylic acids is 1. The molecule has 3 aromatic rings. The lowest BCUT2D eigenvalue weighted by Gasteiger charge is -2.70. The predicted molar refractivity (Wildman–Crippen MR) is 421 cm³/mol. The smallest absolute Gasteiger partial charge is 0.332 e. The zero-order chi connectivity index (χ0) is 79.1. The van der Waals surface area contributed by atoms with Crippen LogP contribution in [0.4, 0.5) is 0 Å². The second kappa shape index (κ2) is 49.1. The number of benzene rings is 3. The van der Waals surface area contributed by atoms with Crippen LogP contribution in [0, 0.1) is 10.8 Å². The van der Waals surface area contributed by atoms with Gasteiger partial charge in [0.15, 0.2) is 31.4 Å². The molecule has 0 spiro atoms. The van der Waals surface area contributed by atoms with E-state index in [2.05, 4.69) is 59.6 Å². The minimum atomic E-state index is -0.897. The fraction of sp³-hybridized carbons (Fsp3) is 0.671. The van der Waals surface area contributed by atoms with Gasteiger partial charge in [0.25, 0.3) is 17.7 Å². The number of carbonyl (C=O) groups is 8. The molecular weight excluding hydrogens is 1530 g/mol. The number of nitrogens with two attached hydrogens (primary N) is 1. The Morgan fingerprint density at radius 2 is 0.720 bits per heavy atom. The number of ketones is 2. The average molecular weight is 1650 g/mol. The Hall–Kier alpha value is -5.38. The van der Waals surface area contributed by atoms with Crippen LogP contribution in [0.5, 0.6) is 17.2 Å². The van der Waals surface area contributed by atoms with Crippen LogP contribution in [0.25, 0.3) is 0 Å². The number of halogens is 5. The number of aliphatic hydroxyl groups is 1. The molecule has 0 atom stereocenters. The molecule has 0 aliphatic heterocycles. The number of hydrogen-bond donors (Lipinski definition) is 6. The molecule has 9 saturated carbocycles. The summed E-state index contributed by atoms with van der Waals surface area (Å²) in [5, 5.41) is 27.5. The maximum atomic E-state index is 12.1. The molecule has 606 valence electrons. The van der Waals surface area contributed by atoms with Gasteiger partial charge in [0.05, 0.1) is 0 Å². The summed E-state index contributed by atoms with van der Waals surface area (Å²) in [7, 11) is 0. The number of Topliss-reactive ketones (excluding diaryl/α,β-unsaturated/α-hetero) is 2. The number of carbonyl (C=O) groups excluding carboxylic acids is 7. The number of amides is 3. The first kappa shape index (κ1) is 97.7. The Kier molecular flexibility index (Phi) is 44.8. The van der Waals surface area contributed by atoms with E-state index in [4.69, 9.17) is 93.4 Å². The predicted octanol–water partition coefficient (Wildman–Crippen LogP) is 14.5. The molecule has 0 aromatic heterocycles. The van der Waals surface area contributed by atoms with Gasteiger partial charge in [-0.3, -0.25) is 28.8 Å². The van der Waals surface area contributed by atoms with Crippen LogP contribution >= 0.6 is 63.1 Å². The van der Waals surface area contributed by atoms with Crippen LogP contribution in [0.1, 0.15) is 211 Å². The molecule has 9 aliphatic carbocycles. The van der Waals surface area contributed by atoms with Crippen molar-refractivity contribution in [3.8, 4) is 17.2 Å². The number of ether oxygens (including phenoxy) is 9. The molecule has 0 heterocycles. The van der Waals surface area contributed by atoms with E-state index in [9.17, 15) is 38.4 Å². The minimum Gasteiger partial charge on any atom is -0.484 e. The summed E-state index contributed by atoms with van der Waals surface area (Å²) >= 11 is 20.4. The zero-order valence-corrected chi connectivity index (χ0v) is 69.5. The molecule has 23 nitrogen and oxygen atoms in total. The number of unbranched alkanes of at least 4 members (excludes halogenated alkanes) is 5. The van der Waals surface area contributed by atoms with E-state index in [1.807, 2.05) is 48.5 Å². The summed E-state index contributed by atoms with van der Waals surface area (Å²) in [6.45, 7) is 24.6. The van der Waals surface area contributed by atoms with E-state index in [1.54, 1.807) is 72.8 Å². The van der Waals surface area contributed by atoms with Crippen LogP contribution in [-0.2, 0) is 66.8 Å². The van der Waals surface area contributed by atoms with Crippen molar-refractivity contribution in [1.29, 1.82) is 0 Å². The summed E-state index contributed by atoms with van der Waals surface area (Å²) in [5.74, 6) is 0.481. The van der Waals surface area contributed by atoms with E-state index < -0.39 is 11.6 Å². The number of alkyl halides is 1. The Bertz CT molecular complexity index is 2980. The van der Waals surface area contributed by atoms with Crippen LogP contribution in [-0.4, -0.2) is 175 Å². The highest BCUT2D eigenvalue weighted by atomic mass is 79.9. The summed E-state index contributed by atoms with van der Waals surface area (Å²) in [6, 6.07) is 20.8. The largest absolute Gasteiger partial charge is 0.484 e. The number of esters is 2. The SMILES string of the molecule is CC(C)(C)OC(=O)CBr.CCCCO.CCCCOCC(=O)CC12CC(NC(=O)COc3ccc(Cl)cc3)(C1)C2.CCCCOCC(=O)CC12CC(NC(=O)COc3ccc(Cl)cc3)(C1)C2.CCCCOCC(=O)O.CCCCOCC(=O)OC(C)(C)C.Cl.NC12CC(NC(=O)COc3ccc(Cl)cc3)(C1)C2. The van der Waals surface area contributed by atoms with Crippen molar-refractivity contribution < 1.29 is 91.2 Å². The second-order valence-electron chi connectivity index (χ2n) is 30.5. The Morgan fingerprint density at radius 1 is 0.439 bits per heavy atom. The van der Waals surface area contributed by atoms with Gasteiger partial charge >= 0.3 is 17.9 Å². The van der Waals surface area contributed by atoms with E-state index in [1.165, 1.54) is 0 Å². The van der Waals surface area contributed by atoms with Gasteiger partial charge in [-0.2, -0.15) is 0 Å². The third-order valence-electron chi connectivity index (χ3n) is 17.3. The van der Waals surface area contributed by atoms with Crippen molar-refractivity contribution in [2.24, 2.45) is 16.6 Å². The fourth-order valence-electron chi connectivity index (χ4n) is 13.2. The van der Waals surface area contributed by atoms with Crippen molar-refractivity contribution >= 4 is 110 Å². The third kappa shape index (κ3) is 39.9. The van der Waals surface area contributed by atoms with Crippen LogP contribution in [0.2, 0.25) is 15.1 Å². The molecule has 9 fully saturated rings. The van der Waals surface area contributed by atoms with Crippen LogP contribution in [0.3, 0.4) is 0 Å². The summed E-state index contributed by atoms with van der Waals surface area (Å²) in [6.07, 6.45) is 19.3. The molecule has 28 heteroatoms. The monoisotopic (exact) mass is 1650 g/mol. The molecule has 0 unspecified atom stereocenters. The standard InChI is InChI=1S/2C20H26ClNO4.C13H15ClN2O2.C10H20O3.C6H11BrO2.C6H12O3.C4H10O.ClH/c2*1-2-3-8-25-10-16(23)9-19-12-20(13-19,14-19)22-18(24)11-26-17-6-4-15(21)5-7-17;14-9-1-3-10(4-2-9)18-5-11(17)16-13-6-12(15,7-13)8-13;1-5-6-7-12-8-9(11)13-10(2,3)4;1-6(2,3)9-5(8)4-7;1-2-3-4-9-5-6(7)8;1-2-3-4-5;/h2*4-7H,2-3,8-14H2,1H3,(H,22,24);1-4H,5-8,15H2,(H,16,17);5-8H2,1-4H3;4H2,1-3H3;2-5H2,1H3,(H,7,8);5H,2-4H2,1H3;1H. The number of carboxylic acids is 1. The molecule has 3 aromatic carbocycles. The first-order valence-corrected chi connectivity index (χ1v) is 39.3. The molecule has 0 saturated heterocycles. The minimum absolute atomic E-state index is 0. The highest BCUT2D eigenvalue weighted by Gasteiger charge is 2.70. The van der Waals surface area contributed by atoms with E-state index >= 15 is 0 Å². The number of carboxylic acid groups (broad SMARTS) is 1. The van der Waals surface area contributed by atoms with E-state index in [-0.39, 0.29) is 144 Å². The maximum Gasteiger partial charge on any atom is 0.332 e. The van der Waals surface area contributed by atoms with Crippen LogP contribution < -0.4 is 35.9 Å². The first-order chi connectivity index (χ1) is 50.0. The topological polar surface area (TPSA) is 322 Å². The normalized spacial score (nSPS) is 21.4. The second-order valence-corrected chi connectivity index (χ2v) is 32.4. The van der Waals surface area contributed by atoms with Gasteiger partial charge in [0.2, 0.25) is 0 Å². The van der Waals surface area contributed by atoms with Gasteiger partial charge in [-0.25, -0.2) is 9.59 Å². The number of hydrogen-bond acceptors (Lipinski definition) is 19. The van der Waals surface area contributed by atoms with Gasteiger partial charge in [-0.15, -0.1) is 12.4 Å². The summed E-state index contributed by atoms with van der Waals surface area (Å²) in [4.78, 5) is 91.4. The van der Waals surface area contributed by atoms with Crippen molar-refractivity contribution in [2.75, 3.05) is 84.6 Å². The van der Waals surface area contributed by atoms with Crippen molar-refractivity contribution in [1.82, 2.24) is 16.0 Å². The van der Waals surface area contributed by atoms with Gasteiger partial charge < -0.3 is 74.5 Å². The number of nitrogens with one attached hydrogen (secondary N) is 3. The highest BCUT2D eigenvalue weighted by Crippen LogP contribution is 2.70. The Morgan fingerprint density at radius 3 is 0.963 bits per heavy atom. The average Bonchev–Trinajstić information content (AvgIpc) is 0.704. The number of rotatable bonds is 39. The molecule has 12 rings (SSSR count). The lowest BCUT2D eigenvalue weighted by Crippen LogP contribution is -2.82. The summed E-state index contributed by atoms with van der Waals surface area (Å²) < 4.78 is 46.9. The van der Waals surface area contributed by atoms with Gasteiger partial charge in [-0.05, 0) is 215 Å². The Labute approximate surface area is 664 Å². The highest BCUT2D eigenvalue weighted by molar-refractivity contribution is 9.09. The maximum absolute atomic E-state index is 12.1. The van der Waals surface area contributed by atoms with E-state index in [0.29, 0.717) is 78.2 Å². The lowest BCUT2D eigenvalue weighted by atomic mass is 9.38. The third-order valence-corrected chi connectivity index (χ3v) is 18.5. The number of aliphatic hydroxyl groups excluding tert-OH is 1. The van der Waals surface area contributed by atoms with Crippen molar-refractivity contribution in [3.63, 3.8) is 0 Å². The van der Waals surface area contributed by atoms with Crippen LogP contribution in [0.15, 0.2) is 72.8 Å². The lowest BCUT2D eigenvalue weighted by molar-refractivity contribution is -0.175. The molecule has 7 N–H and O–H groups in total. The molecular formula is C79H121BrCl4N4O19. The van der Waals surface area contributed by atoms with Crippen molar-refractivity contribution in [3.05, 3.63) is 87.9 Å². The van der Waals surface area contributed by atoms with E-state index in [0.717, 1.165) is 122 Å². The molecule has 3 amide bonds.